The summed E-state index contributed by atoms with van der Waals surface area (Å²) in [7, 11) is 0. The van der Waals surface area contributed by atoms with Crippen molar-refractivity contribution in [1.29, 1.82) is 0 Å². The van der Waals surface area contributed by atoms with Crippen molar-refractivity contribution in [3.63, 3.8) is 0 Å². The Bertz CT molecular complexity index is 432. The molecule has 82 valence electrons. The molecule has 0 aromatic carbocycles. The fourth-order valence-electron chi connectivity index (χ4n) is 1.28. The van der Waals surface area contributed by atoms with Gasteiger partial charge in [0.2, 0.25) is 0 Å². The van der Waals surface area contributed by atoms with E-state index < -0.39 is 0 Å². The maximum absolute atomic E-state index is 4.50. The van der Waals surface area contributed by atoms with Crippen LogP contribution in [0.25, 0.3) is 10.2 Å². The van der Waals surface area contributed by atoms with Crippen LogP contribution in [0.2, 0.25) is 0 Å². The van der Waals surface area contributed by atoms with Crippen molar-refractivity contribution in [2.24, 2.45) is 0 Å². The van der Waals surface area contributed by atoms with Crippen LogP contribution in [-0.2, 0) is 0 Å². The van der Waals surface area contributed by atoms with Crippen LogP contribution in [0.3, 0.4) is 0 Å². The quantitative estimate of drug-likeness (QED) is 0.724. The van der Waals surface area contributed by atoms with Crippen molar-refractivity contribution in [1.82, 2.24) is 9.97 Å². The molecule has 3 heteroatoms. The molecule has 0 radical (unpaired) electrons. The summed E-state index contributed by atoms with van der Waals surface area (Å²) < 4.78 is 0. The molecule has 0 amide bonds. The summed E-state index contributed by atoms with van der Waals surface area (Å²) in [6, 6.07) is 2.08. The van der Waals surface area contributed by atoms with Crippen molar-refractivity contribution in [3.05, 3.63) is 23.0 Å². The third kappa shape index (κ3) is 2.53. The number of hydrogen-bond donors (Lipinski definition) is 0. The number of nitrogens with zero attached hydrogens (tertiary/aromatic N) is 2. The summed E-state index contributed by atoms with van der Waals surface area (Å²) in [4.78, 5) is 10.1. The molecule has 2 aromatic rings. The molecule has 0 N–H and O–H groups in total. The molecule has 15 heavy (non-hydrogen) atoms. The van der Waals surface area contributed by atoms with Gasteiger partial charge in [-0.25, -0.2) is 9.97 Å². The standard InChI is InChI=1S/C10H12N2S.C2H6/c1-6(2)9-11-7(3)8-4-5-13-10(8)12-9;1-2/h4-6H,1-3H3;1-2H3. The summed E-state index contributed by atoms with van der Waals surface area (Å²) in [5, 5.41) is 3.26. The fourth-order valence-corrected chi connectivity index (χ4v) is 2.10. The molecular formula is C12H18N2S. The zero-order valence-electron chi connectivity index (χ0n) is 10.0. The molecule has 0 bridgehead atoms. The van der Waals surface area contributed by atoms with Gasteiger partial charge in [0.1, 0.15) is 10.7 Å². The van der Waals surface area contributed by atoms with Crippen LogP contribution in [0.4, 0.5) is 0 Å². The third-order valence-electron chi connectivity index (χ3n) is 2.05. The lowest BCUT2D eigenvalue weighted by Crippen LogP contribution is -1.98. The van der Waals surface area contributed by atoms with E-state index in [1.165, 1.54) is 5.39 Å². The largest absolute Gasteiger partial charge is 0.237 e. The van der Waals surface area contributed by atoms with Crippen LogP contribution in [0, 0.1) is 6.92 Å². The van der Waals surface area contributed by atoms with Gasteiger partial charge in [-0.2, -0.15) is 0 Å². The topological polar surface area (TPSA) is 25.8 Å². The summed E-state index contributed by atoms with van der Waals surface area (Å²) in [6.45, 7) is 10.3. The van der Waals surface area contributed by atoms with Crippen LogP contribution in [0.15, 0.2) is 11.4 Å². The first-order valence-corrected chi connectivity index (χ1v) is 6.28. The van der Waals surface area contributed by atoms with Gasteiger partial charge in [-0.15, -0.1) is 11.3 Å². The Morgan fingerprint density at radius 3 is 2.47 bits per heavy atom. The molecule has 0 atom stereocenters. The Hall–Kier alpha value is -0.960. The highest BCUT2D eigenvalue weighted by molar-refractivity contribution is 7.16. The monoisotopic (exact) mass is 222 g/mol. The summed E-state index contributed by atoms with van der Waals surface area (Å²) in [5.41, 5.74) is 1.09. The summed E-state index contributed by atoms with van der Waals surface area (Å²) in [5.74, 6) is 1.36. The lowest BCUT2D eigenvalue weighted by Gasteiger charge is -2.04. The van der Waals surface area contributed by atoms with E-state index in [9.17, 15) is 0 Å². The van der Waals surface area contributed by atoms with Gasteiger partial charge < -0.3 is 0 Å². The van der Waals surface area contributed by atoms with Crippen molar-refractivity contribution < 1.29 is 0 Å². The van der Waals surface area contributed by atoms with Crippen LogP contribution in [-0.4, -0.2) is 9.97 Å². The number of fused-ring (bicyclic) bond motifs is 1. The Morgan fingerprint density at radius 2 is 1.87 bits per heavy atom. The lowest BCUT2D eigenvalue weighted by molar-refractivity contribution is 0.778. The number of thiophene rings is 1. The molecule has 0 unspecified atom stereocenters. The minimum Gasteiger partial charge on any atom is -0.237 e. The van der Waals surface area contributed by atoms with Gasteiger partial charge in [0.05, 0.1) is 0 Å². The molecule has 0 saturated carbocycles. The van der Waals surface area contributed by atoms with Gasteiger partial charge in [-0.1, -0.05) is 27.7 Å². The fraction of sp³-hybridized carbons (Fsp3) is 0.500. The van der Waals surface area contributed by atoms with Gasteiger partial charge >= 0.3 is 0 Å². The zero-order chi connectivity index (χ0) is 11.4. The van der Waals surface area contributed by atoms with Gasteiger partial charge in [0, 0.05) is 17.0 Å². The number of aryl methyl sites for hydroxylation is 1. The van der Waals surface area contributed by atoms with Crippen LogP contribution in [0.1, 0.15) is 45.1 Å². The first kappa shape index (κ1) is 12.1. The van der Waals surface area contributed by atoms with E-state index >= 15 is 0 Å². The van der Waals surface area contributed by atoms with E-state index in [0.717, 1.165) is 16.3 Å². The second kappa shape index (κ2) is 5.21. The minimum absolute atomic E-state index is 0.408. The van der Waals surface area contributed by atoms with E-state index in [1.54, 1.807) is 11.3 Å². The highest BCUT2D eigenvalue weighted by Crippen LogP contribution is 2.22. The lowest BCUT2D eigenvalue weighted by atomic mass is 10.2. The Labute approximate surface area is 95.4 Å². The van der Waals surface area contributed by atoms with Crippen LogP contribution >= 0.6 is 11.3 Å². The van der Waals surface area contributed by atoms with Crippen molar-refractivity contribution >= 4 is 21.6 Å². The molecule has 0 saturated heterocycles. The summed E-state index contributed by atoms with van der Waals surface area (Å²) in [6.07, 6.45) is 0. The maximum Gasteiger partial charge on any atom is 0.132 e. The smallest absolute Gasteiger partial charge is 0.132 e. The molecule has 2 nitrogen and oxygen atoms in total. The van der Waals surface area contributed by atoms with Gasteiger partial charge in [-0.05, 0) is 18.4 Å². The molecule has 2 heterocycles. The molecule has 0 spiro atoms. The van der Waals surface area contributed by atoms with Crippen molar-refractivity contribution in [3.8, 4) is 0 Å². The number of hydrogen-bond acceptors (Lipinski definition) is 3. The second-order valence-corrected chi connectivity index (χ2v) is 4.36. The maximum atomic E-state index is 4.50. The molecule has 2 aromatic heterocycles. The first-order chi connectivity index (χ1) is 7.18. The molecule has 0 fully saturated rings. The highest BCUT2D eigenvalue weighted by atomic mass is 32.1. The Kier molecular flexibility index (Phi) is 4.21. The Morgan fingerprint density at radius 1 is 1.20 bits per heavy atom. The predicted molar refractivity (Wildman–Crippen MR) is 67.6 cm³/mol. The number of rotatable bonds is 1. The van der Waals surface area contributed by atoms with Crippen molar-refractivity contribution in [2.45, 2.75) is 40.5 Å². The highest BCUT2D eigenvalue weighted by Gasteiger charge is 2.07. The SMILES string of the molecule is CC.Cc1nc(C(C)C)nc2sccc12. The van der Waals surface area contributed by atoms with Crippen molar-refractivity contribution in [2.75, 3.05) is 0 Å². The van der Waals surface area contributed by atoms with Crippen LogP contribution in [0.5, 0.6) is 0 Å². The molecular weight excluding hydrogens is 204 g/mol. The van der Waals surface area contributed by atoms with E-state index in [4.69, 9.17) is 0 Å². The molecule has 0 aliphatic heterocycles. The molecule has 0 aliphatic rings. The van der Waals surface area contributed by atoms with Gasteiger partial charge in [-0.3, -0.25) is 0 Å². The third-order valence-corrected chi connectivity index (χ3v) is 2.86. The number of aromatic nitrogens is 2. The summed E-state index contributed by atoms with van der Waals surface area (Å²) >= 11 is 1.68. The van der Waals surface area contributed by atoms with Gasteiger partial charge in [0.15, 0.2) is 0 Å². The Balaban J connectivity index is 0.000000531. The minimum atomic E-state index is 0.408. The average molecular weight is 222 g/mol. The van der Waals surface area contributed by atoms with Crippen LogP contribution < -0.4 is 0 Å². The molecule has 2 rings (SSSR count). The van der Waals surface area contributed by atoms with E-state index in [1.807, 2.05) is 20.8 Å². The van der Waals surface area contributed by atoms with E-state index in [0.29, 0.717) is 5.92 Å². The predicted octanol–water partition coefficient (Wildman–Crippen LogP) is 4.15. The second-order valence-electron chi connectivity index (χ2n) is 3.46. The van der Waals surface area contributed by atoms with E-state index in [-0.39, 0.29) is 0 Å². The van der Waals surface area contributed by atoms with E-state index in [2.05, 4.69) is 35.3 Å². The molecule has 0 aliphatic carbocycles. The zero-order valence-corrected chi connectivity index (χ0v) is 10.9. The normalized spacial score (nSPS) is 10.3. The average Bonchev–Trinajstić information content (AvgIpc) is 2.69. The first-order valence-electron chi connectivity index (χ1n) is 5.40. The van der Waals surface area contributed by atoms with Gasteiger partial charge in [0.25, 0.3) is 0 Å².